The molecule has 22 heavy (non-hydrogen) atoms. The largest absolute Gasteiger partial charge is 0.334 e. The molecule has 0 aliphatic rings. The Hall–Kier alpha value is -1.72. The first-order valence-corrected chi connectivity index (χ1v) is 8.31. The molecule has 2 rings (SSSR count). The first-order chi connectivity index (χ1) is 10.5. The van der Waals surface area contributed by atoms with Crippen LogP contribution in [0.5, 0.6) is 0 Å². The number of aromatic nitrogens is 1. The van der Waals surface area contributed by atoms with Crippen molar-refractivity contribution < 1.29 is 4.79 Å². The van der Waals surface area contributed by atoms with Crippen molar-refractivity contribution in [3.63, 3.8) is 0 Å². The topological polar surface area (TPSA) is 59.2 Å². The summed E-state index contributed by atoms with van der Waals surface area (Å²) >= 11 is 1.69. The fourth-order valence-corrected chi connectivity index (χ4v) is 3.45. The number of hydrogen-bond donors (Lipinski definition) is 1. The Morgan fingerprint density at radius 1 is 1.36 bits per heavy atom. The number of benzene rings is 1. The van der Waals surface area contributed by atoms with Crippen molar-refractivity contribution in [1.82, 2.24) is 9.88 Å². The van der Waals surface area contributed by atoms with Gasteiger partial charge in [-0.15, -0.1) is 11.3 Å². The standard InChI is InChI=1S/C17H23N3OS/c1-5-15-19-11(2)16(22-15)12(3)20(4)17(21)14-8-6-13(10-18)7-9-14/h6-9,12H,5,10,18H2,1-4H3. The molecular weight excluding hydrogens is 294 g/mol. The Balaban J connectivity index is 2.19. The van der Waals surface area contributed by atoms with E-state index in [1.54, 1.807) is 16.2 Å². The zero-order valence-corrected chi connectivity index (χ0v) is 14.4. The molecule has 0 saturated carbocycles. The van der Waals surface area contributed by atoms with E-state index >= 15 is 0 Å². The number of rotatable bonds is 5. The van der Waals surface area contributed by atoms with Crippen LogP contribution in [0.1, 0.15) is 51.4 Å². The molecule has 118 valence electrons. The predicted octanol–water partition coefficient (Wildman–Crippen LogP) is 3.31. The van der Waals surface area contributed by atoms with Crippen molar-refractivity contribution >= 4 is 17.2 Å². The summed E-state index contributed by atoms with van der Waals surface area (Å²) in [4.78, 5) is 20.1. The van der Waals surface area contributed by atoms with Crippen LogP contribution >= 0.6 is 11.3 Å². The third-order valence-corrected chi connectivity index (χ3v) is 5.37. The van der Waals surface area contributed by atoms with Gasteiger partial charge < -0.3 is 10.6 Å². The first-order valence-electron chi connectivity index (χ1n) is 7.50. The molecule has 5 heteroatoms. The third kappa shape index (κ3) is 3.36. The molecule has 0 radical (unpaired) electrons. The van der Waals surface area contributed by atoms with Gasteiger partial charge in [0.15, 0.2) is 0 Å². The molecule has 4 nitrogen and oxygen atoms in total. The Morgan fingerprint density at radius 3 is 2.50 bits per heavy atom. The van der Waals surface area contributed by atoms with E-state index in [2.05, 4.69) is 11.9 Å². The quantitative estimate of drug-likeness (QED) is 0.920. The lowest BCUT2D eigenvalue weighted by atomic mass is 10.1. The fourth-order valence-electron chi connectivity index (χ4n) is 2.34. The molecule has 0 saturated heterocycles. The SMILES string of the molecule is CCc1nc(C)c(C(C)N(C)C(=O)c2ccc(CN)cc2)s1. The van der Waals surface area contributed by atoms with Gasteiger partial charge in [-0.25, -0.2) is 4.98 Å². The number of amides is 1. The zero-order valence-electron chi connectivity index (χ0n) is 13.6. The van der Waals surface area contributed by atoms with Gasteiger partial charge in [0.1, 0.15) is 0 Å². The van der Waals surface area contributed by atoms with Crippen LogP contribution < -0.4 is 5.73 Å². The normalized spacial score (nSPS) is 12.2. The monoisotopic (exact) mass is 317 g/mol. The maximum Gasteiger partial charge on any atom is 0.254 e. The summed E-state index contributed by atoms with van der Waals surface area (Å²) in [5.74, 6) is 0.0157. The zero-order chi connectivity index (χ0) is 16.3. The Bertz CT molecular complexity index is 648. The Morgan fingerprint density at radius 2 is 2.00 bits per heavy atom. The highest BCUT2D eigenvalue weighted by molar-refractivity contribution is 7.11. The molecule has 1 atom stereocenters. The second kappa shape index (κ2) is 7.03. The number of carbonyl (C=O) groups is 1. The first kappa shape index (κ1) is 16.6. The summed E-state index contributed by atoms with van der Waals surface area (Å²) < 4.78 is 0. The molecular formula is C17H23N3OS. The summed E-state index contributed by atoms with van der Waals surface area (Å²) in [7, 11) is 1.84. The smallest absolute Gasteiger partial charge is 0.254 e. The number of nitrogens with two attached hydrogens (primary N) is 1. The van der Waals surface area contributed by atoms with E-state index in [-0.39, 0.29) is 11.9 Å². The van der Waals surface area contributed by atoms with E-state index in [0.29, 0.717) is 12.1 Å². The molecule has 0 aliphatic carbocycles. The summed E-state index contributed by atoms with van der Waals surface area (Å²) in [6.07, 6.45) is 0.927. The van der Waals surface area contributed by atoms with Gasteiger partial charge in [-0.05, 0) is 38.0 Å². The number of thiazole rings is 1. The van der Waals surface area contributed by atoms with Crippen LogP contribution in [0.3, 0.4) is 0 Å². The predicted molar refractivity (Wildman–Crippen MR) is 91.1 cm³/mol. The maximum absolute atomic E-state index is 12.6. The van der Waals surface area contributed by atoms with E-state index in [0.717, 1.165) is 27.6 Å². The van der Waals surface area contributed by atoms with Gasteiger partial charge in [-0.2, -0.15) is 0 Å². The van der Waals surface area contributed by atoms with Crippen LogP contribution in [0.2, 0.25) is 0 Å². The van der Waals surface area contributed by atoms with Gasteiger partial charge in [0.05, 0.1) is 16.7 Å². The fraction of sp³-hybridized carbons (Fsp3) is 0.412. The average molecular weight is 317 g/mol. The highest BCUT2D eigenvalue weighted by atomic mass is 32.1. The summed E-state index contributed by atoms with van der Waals surface area (Å²) in [6, 6.07) is 7.49. The second-order valence-corrected chi connectivity index (χ2v) is 6.52. The van der Waals surface area contributed by atoms with Crippen molar-refractivity contribution in [3.8, 4) is 0 Å². The van der Waals surface area contributed by atoms with Crippen LogP contribution in [0, 0.1) is 6.92 Å². The maximum atomic E-state index is 12.6. The van der Waals surface area contributed by atoms with Crippen LogP contribution in [-0.2, 0) is 13.0 Å². The molecule has 1 aromatic heterocycles. The van der Waals surface area contributed by atoms with Gasteiger partial charge >= 0.3 is 0 Å². The molecule has 1 heterocycles. The van der Waals surface area contributed by atoms with Crippen molar-refractivity contribution in [2.24, 2.45) is 5.73 Å². The lowest BCUT2D eigenvalue weighted by Crippen LogP contribution is -2.29. The van der Waals surface area contributed by atoms with Crippen molar-refractivity contribution in [2.75, 3.05) is 7.05 Å². The molecule has 1 amide bonds. The van der Waals surface area contributed by atoms with Crippen LogP contribution in [0.4, 0.5) is 0 Å². The van der Waals surface area contributed by atoms with Crippen LogP contribution in [0.15, 0.2) is 24.3 Å². The number of hydrogen-bond acceptors (Lipinski definition) is 4. The van der Waals surface area contributed by atoms with Crippen LogP contribution in [-0.4, -0.2) is 22.8 Å². The second-order valence-electron chi connectivity index (χ2n) is 5.40. The van der Waals surface area contributed by atoms with E-state index < -0.39 is 0 Å². The lowest BCUT2D eigenvalue weighted by molar-refractivity contribution is 0.0744. The summed E-state index contributed by atoms with van der Waals surface area (Å²) in [5, 5.41) is 1.12. The minimum absolute atomic E-state index is 0.0134. The van der Waals surface area contributed by atoms with Crippen molar-refractivity contribution in [3.05, 3.63) is 51.0 Å². The van der Waals surface area contributed by atoms with E-state index in [1.807, 2.05) is 45.2 Å². The third-order valence-electron chi connectivity index (χ3n) is 3.90. The molecule has 0 fully saturated rings. The van der Waals surface area contributed by atoms with Crippen LogP contribution in [0.25, 0.3) is 0 Å². The number of nitrogens with zero attached hydrogens (tertiary/aromatic N) is 2. The summed E-state index contributed by atoms with van der Waals surface area (Å²) in [5.41, 5.74) is 8.32. The van der Waals surface area contributed by atoms with Crippen molar-refractivity contribution in [2.45, 2.75) is 39.8 Å². The molecule has 1 aromatic carbocycles. The summed E-state index contributed by atoms with van der Waals surface area (Å²) in [6.45, 7) is 6.64. The van der Waals surface area contributed by atoms with Gasteiger partial charge in [0.25, 0.3) is 5.91 Å². The minimum atomic E-state index is 0.0134. The highest BCUT2D eigenvalue weighted by Crippen LogP contribution is 2.29. The van der Waals surface area contributed by atoms with E-state index in [9.17, 15) is 4.79 Å². The lowest BCUT2D eigenvalue weighted by Gasteiger charge is -2.24. The molecule has 2 N–H and O–H groups in total. The van der Waals surface area contributed by atoms with Gasteiger partial charge in [0, 0.05) is 24.0 Å². The van der Waals surface area contributed by atoms with Gasteiger partial charge in [-0.3, -0.25) is 4.79 Å². The van der Waals surface area contributed by atoms with E-state index in [4.69, 9.17) is 5.73 Å². The molecule has 0 aliphatic heterocycles. The molecule has 0 bridgehead atoms. The molecule has 2 aromatic rings. The molecule has 0 spiro atoms. The van der Waals surface area contributed by atoms with E-state index in [1.165, 1.54) is 0 Å². The van der Waals surface area contributed by atoms with Gasteiger partial charge in [-0.1, -0.05) is 19.1 Å². The average Bonchev–Trinajstić information content (AvgIpc) is 2.93. The number of aryl methyl sites for hydroxylation is 2. The van der Waals surface area contributed by atoms with Crippen molar-refractivity contribution in [1.29, 1.82) is 0 Å². The Labute approximate surface area is 136 Å². The Kier molecular flexibility index (Phi) is 5.32. The highest BCUT2D eigenvalue weighted by Gasteiger charge is 2.22. The minimum Gasteiger partial charge on any atom is -0.334 e. The molecule has 1 unspecified atom stereocenters. The van der Waals surface area contributed by atoms with Gasteiger partial charge in [0.2, 0.25) is 0 Å². The number of carbonyl (C=O) groups excluding carboxylic acids is 1.